The van der Waals surface area contributed by atoms with Gasteiger partial charge in [0.1, 0.15) is 11.3 Å². The summed E-state index contributed by atoms with van der Waals surface area (Å²) in [5, 5.41) is 2.58. The normalized spacial score (nSPS) is 10.4. The van der Waals surface area contributed by atoms with E-state index in [1.165, 1.54) is 0 Å². The number of oxazole rings is 1. The Labute approximate surface area is 115 Å². The minimum atomic E-state index is 0.516. The van der Waals surface area contributed by atoms with Crippen molar-refractivity contribution < 1.29 is 13.9 Å². The Morgan fingerprint density at radius 3 is 2.95 bits per heavy atom. The predicted molar refractivity (Wildman–Crippen MR) is 75.7 cm³/mol. The molecule has 0 saturated heterocycles. The number of carbonyl (C=O) groups excluding carboxylic acids is 1. The van der Waals surface area contributed by atoms with Crippen LogP contribution in [0.4, 0.5) is 5.69 Å². The Kier molecular flexibility index (Phi) is 3.09. The van der Waals surface area contributed by atoms with Gasteiger partial charge >= 0.3 is 0 Å². The zero-order chi connectivity index (χ0) is 13.9. The second-order valence-electron chi connectivity index (χ2n) is 4.20. The number of nitrogens with zero attached hydrogens (tertiary/aromatic N) is 1. The molecule has 0 fully saturated rings. The molecule has 0 unspecified atom stereocenters. The molecule has 0 bridgehead atoms. The fourth-order valence-electron chi connectivity index (χ4n) is 1.96. The number of ether oxygens (including phenoxy) is 1. The van der Waals surface area contributed by atoms with Gasteiger partial charge in [0.25, 0.3) is 0 Å². The molecule has 3 aromatic rings. The average molecular weight is 268 g/mol. The molecule has 5 nitrogen and oxygen atoms in total. The van der Waals surface area contributed by atoms with Crippen LogP contribution in [0.3, 0.4) is 0 Å². The Hall–Kier alpha value is -2.82. The Bertz CT molecular complexity index is 765. The van der Waals surface area contributed by atoms with Gasteiger partial charge in [-0.1, -0.05) is 6.07 Å². The van der Waals surface area contributed by atoms with E-state index in [1.807, 2.05) is 24.3 Å². The van der Waals surface area contributed by atoms with Gasteiger partial charge in [-0.25, -0.2) is 4.98 Å². The Morgan fingerprint density at radius 2 is 2.15 bits per heavy atom. The molecule has 1 amide bonds. The molecule has 20 heavy (non-hydrogen) atoms. The first-order valence-corrected chi connectivity index (χ1v) is 6.05. The van der Waals surface area contributed by atoms with E-state index in [1.54, 1.807) is 25.3 Å². The van der Waals surface area contributed by atoms with Crippen LogP contribution >= 0.6 is 0 Å². The van der Waals surface area contributed by atoms with Crippen LogP contribution in [0.1, 0.15) is 0 Å². The maximum absolute atomic E-state index is 10.4. The SMILES string of the molecule is COc1cccc(-c2nc3ccc(NC=O)cc3o2)c1. The molecule has 0 spiro atoms. The number of nitrogens with one attached hydrogen (secondary N) is 1. The fourth-order valence-corrected chi connectivity index (χ4v) is 1.96. The summed E-state index contributed by atoms with van der Waals surface area (Å²) in [6, 6.07) is 12.8. The van der Waals surface area contributed by atoms with Crippen molar-refractivity contribution in [3.63, 3.8) is 0 Å². The number of amides is 1. The van der Waals surface area contributed by atoms with Crippen molar-refractivity contribution in [3.05, 3.63) is 42.5 Å². The molecule has 1 aromatic heterocycles. The third-order valence-corrected chi connectivity index (χ3v) is 2.93. The molecule has 1 N–H and O–H groups in total. The number of anilines is 1. The van der Waals surface area contributed by atoms with Gasteiger partial charge in [0.15, 0.2) is 5.58 Å². The van der Waals surface area contributed by atoms with Gasteiger partial charge in [-0.3, -0.25) is 4.79 Å². The summed E-state index contributed by atoms with van der Waals surface area (Å²) in [7, 11) is 1.61. The van der Waals surface area contributed by atoms with E-state index < -0.39 is 0 Å². The zero-order valence-corrected chi connectivity index (χ0v) is 10.8. The third kappa shape index (κ3) is 2.21. The molecule has 100 valence electrons. The summed E-state index contributed by atoms with van der Waals surface area (Å²) in [6.07, 6.45) is 0.626. The molecule has 2 aromatic carbocycles. The van der Waals surface area contributed by atoms with Crippen molar-refractivity contribution in [2.24, 2.45) is 0 Å². The molecule has 0 radical (unpaired) electrons. The average Bonchev–Trinajstić information content (AvgIpc) is 2.91. The summed E-state index contributed by atoms with van der Waals surface area (Å²) >= 11 is 0. The fraction of sp³-hybridized carbons (Fsp3) is 0.0667. The molecule has 0 aliphatic carbocycles. The first kappa shape index (κ1) is 12.2. The monoisotopic (exact) mass is 268 g/mol. The number of benzene rings is 2. The van der Waals surface area contributed by atoms with Crippen LogP contribution in [-0.4, -0.2) is 18.5 Å². The lowest BCUT2D eigenvalue weighted by molar-refractivity contribution is -0.105. The Morgan fingerprint density at radius 1 is 1.25 bits per heavy atom. The van der Waals surface area contributed by atoms with Gasteiger partial charge in [-0.15, -0.1) is 0 Å². The van der Waals surface area contributed by atoms with E-state index in [9.17, 15) is 4.79 Å². The molecular formula is C15H12N2O3. The number of methoxy groups -OCH3 is 1. The Balaban J connectivity index is 2.05. The maximum Gasteiger partial charge on any atom is 0.227 e. The van der Waals surface area contributed by atoms with Gasteiger partial charge in [0.05, 0.1) is 7.11 Å². The van der Waals surface area contributed by atoms with Crippen molar-refractivity contribution >= 4 is 23.2 Å². The van der Waals surface area contributed by atoms with E-state index in [-0.39, 0.29) is 0 Å². The van der Waals surface area contributed by atoms with Crippen LogP contribution in [-0.2, 0) is 4.79 Å². The summed E-state index contributed by atoms with van der Waals surface area (Å²) in [5.74, 6) is 1.26. The van der Waals surface area contributed by atoms with E-state index in [0.29, 0.717) is 23.6 Å². The lowest BCUT2D eigenvalue weighted by Gasteiger charge is -2.00. The maximum atomic E-state index is 10.4. The number of carbonyl (C=O) groups is 1. The van der Waals surface area contributed by atoms with Crippen LogP contribution in [0.15, 0.2) is 46.9 Å². The van der Waals surface area contributed by atoms with Crippen molar-refractivity contribution in [1.29, 1.82) is 0 Å². The summed E-state index contributed by atoms with van der Waals surface area (Å²) in [4.78, 5) is 14.9. The molecule has 1 heterocycles. The second-order valence-corrected chi connectivity index (χ2v) is 4.20. The van der Waals surface area contributed by atoms with Gasteiger partial charge in [0, 0.05) is 17.3 Å². The molecule has 3 rings (SSSR count). The minimum absolute atomic E-state index is 0.516. The number of aromatic nitrogens is 1. The van der Waals surface area contributed by atoms with Crippen LogP contribution in [0.25, 0.3) is 22.6 Å². The second kappa shape index (κ2) is 5.05. The van der Waals surface area contributed by atoms with Crippen LogP contribution < -0.4 is 10.1 Å². The molecule has 0 aliphatic rings. The number of fused-ring (bicyclic) bond motifs is 1. The highest BCUT2D eigenvalue weighted by molar-refractivity contribution is 5.83. The summed E-state index contributed by atoms with van der Waals surface area (Å²) in [6.45, 7) is 0. The third-order valence-electron chi connectivity index (χ3n) is 2.93. The number of rotatable bonds is 4. The first-order valence-electron chi connectivity index (χ1n) is 6.05. The van der Waals surface area contributed by atoms with Crippen molar-refractivity contribution in [3.8, 4) is 17.2 Å². The molecular weight excluding hydrogens is 256 g/mol. The lowest BCUT2D eigenvalue weighted by atomic mass is 10.2. The van der Waals surface area contributed by atoms with Gasteiger partial charge in [-0.05, 0) is 30.3 Å². The minimum Gasteiger partial charge on any atom is -0.497 e. The summed E-state index contributed by atoms with van der Waals surface area (Å²) < 4.78 is 10.9. The van der Waals surface area contributed by atoms with E-state index >= 15 is 0 Å². The highest BCUT2D eigenvalue weighted by Crippen LogP contribution is 2.28. The number of hydrogen-bond donors (Lipinski definition) is 1. The first-order chi connectivity index (χ1) is 9.80. The van der Waals surface area contributed by atoms with Crippen LogP contribution in [0.2, 0.25) is 0 Å². The highest BCUT2D eigenvalue weighted by Gasteiger charge is 2.09. The summed E-state index contributed by atoms with van der Waals surface area (Å²) in [5.41, 5.74) is 2.86. The van der Waals surface area contributed by atoms with E-state index in [4.69, 9.17) is 9.15 Å². The van der Waals surface area contributed by atoms with Crippen LogP contribution in [0, 0.1) is 0 Å². The molecule has 5 heteroatoms. The standard InChI is InChI=1S/C15H12N2O3/c1-19-12-4-2-3-10(7-12)15-17-13-6-5-11(16-9-18)8-14(13)20-15/h2-9H,1H3,(H,16,18). The van der Waals surface area contributed by atoms with Crippen LogP contribution in [0.5, 0.6) is 5.75 Å². The topological polar surface area (TPSA) is 64.4 Å². The largest absolute Gasteiger partial charge is 0.497 e. The van der Waals surface area contributed by atoms with Gasteiger partial charge < -0.3 is 14.5 Å². The zero-order valence-electron chi connectivity index (χ0n) is 10.8. The van der Waals surface area contributed by atoms with Crippen molar-refractivity contribution in [1.82, 2.24) is 4.98 Å². The van der Waals surface area contributed by atoms with Gasteiger partial charge in [-0.2, -0.15) is 0 Å². The highest BCUT2D eigenvalue weighted by atomic mass is 16.5. The van der Waals surface area contributed by atoms with Crippen molar-refractivity contribution in [2.75, 3.05) is 12.4 Å². The van der Waals surface area contributed by atoms with E-state index in [0.717, 1.165) is 16.8 Å². The van der Waals surface area contributed by atoms with Crippen molar-refractivity contribution in [2.45, 2.75) is 0 Å². The number of hydrogen-bond acceptors (Lipinski definition) is 4. The van der Waals surface area contributed by atoms with Gasteiger partial charge in [0.2, 0.25) is 12.3 Å². The molecule has 0 aliphatic heterocycles. The van der Waals surface area contributed by atoms with E-state index in [2.05, 4.69) is 10.3 Å². The predicted octanol–water partition coefficient (Wildman–Crippen LogP) is 3.07. The quantitative estimate of drug-likeness (QED) is 0.738. The lowest BCUT2D eigenvalue weighted by Crippen LogP contribution is -1.92. The smallest absolute Gasteiger partial charge is 0.227 e. The molecule has 0 saturated carbocycles. The molecule has 0 atom stereocenters.